The number of rotatable bonds is 3. The summed E-state index contributed by atoms with van der Waals surface area (Å²) in [5.41, 5.74) is 2.45. The van der Waals surface area contributed by atoms with Crippen LogP contribution in [0.15, 0.2) is 58.8 Å². The van der Waals surface area contributed by atoms with E-state index >= 15 is 0 Å². The molecule has 1 aliphatic rings. The van der Waals surface area contributed by atoms with E-state index < -0.39 is 0 Å². The molecule has 1 amide bonds. The number of anilines is 1. The Balaban J connectivity index is 1.55. The van der Waals surface area contributed by atoms with Crippen molar-refractivity contribution in [3.05, 3.63) is 65.4 Å². The first kappa shape index (κ1) is 18.2. The minimum Gasteiger partial charge on any atom is -0.311 e. The van der Waals surface area contributed by atoms with Gasteiger partial charge >= 0.3 is 0 Å². The van der Waals surface area contributed by atoms with Crippen LogP contribution in [0.1, 0.15) is 19.0 Å². The Bertz CT molecular complexity index is 972. The Labute approximate surface area is 166 Å². The maximum absolute atomic E-state index is 13.4. The maximum atomic E-state index is 13.4. The second-order valence-corrected chi connectivity index (χ2v) is 8.90. The van der Waals surface area contributed by atoms with Crippen LogP contribution < -0.4 is 4.90 Å². The molecule has 2 heterocycles. The molecule has 0 bridgehead atoms. The third-order valence-corrected chi connectivity index (χ3v) is 6.68. The summed E-state index contributed by atoms with van der Waals surface area (Å²) in [6, 6.07) is 14.5. The lowest BCUT2D eigenvalue weighted by molar-refractivity contribution is -0.118. The molecule has 3 aromatic rings. The summed E-state index contributed by atoms with van der Waals surface area (Å²) in [4.78, 5) is 20.6. The van der Waals surface area contributed by atoms with Crippen molar-refractivity contribution in [1.82, 2.24) is 4.98 Å². The third-order valence-electron chi connectivity index (χ3n) is 4.50. The lowest BCUT2D eigenvalue weighted by atomic mass is 10.2. The first-order valence-corrected chi connectivity index (χ1v) is 10.6. The van der Waals surface area contributed by atoms with Gasteiger partial charge < -0.3 is 4.90 Å². The quantitative estimate of drug-likeness (QED) is 0.591. The molecule has 0 saturated carbocycles. The molecular formula is C21H19FN2OS2. The van der Waals surface area contributed by atoms with E-state index in [9.17, 15) is 9.18 Å². The van der Waals surface area contributed by atoms with Crippen molar-refractivity contribution < 1.29 is 9.18 Å². The van der Waals surface area contributed by atoms with Crippen LogP contribution in [0.25, 0.3) is 10.6 Å². The number of fused-ring (bicyclic) bond motifs is 1. The van der Waals surface area contributed by atoms with E-state index in [-0.39, 0.29) is 18.1 Å². The SMILES string of the molecule is CC1CCN(C(=O)Cc2csc(-c3cccc(F)c3)n2)c2ccccc2S1. The van der Waals surface area contributed by atoms with Crippen molar-refractivity contribution in [3.8, 4) is 10.6 Å². The molecule has 1 atom stereocenters. The first-order valence-electron chi connectivity index (χ1n) is 8.86. The maximum Gasteiger partial charge on any atom is 0.233 e. The molecule has 1 unspecified atom stereocenters. The van der Waals surface area contributed by atoms with Crippen molar-refractivity contribution >= 4 is 34.7 Å². The van der Waals surface area contributed by atoms with Gasteiger partial charge in [-0.05, 0) is 30.7 Å². The molecule has 0 radical (unpaired) electrons. The number of benzene rings is 2. The number of aromatic nitrogens is 1. The molecule has 6 heteroatoms. The summed E-state index contributed by atoms with van der Waals surface area (Å²) in [5, 5.41) is 3.10. The number of hydrogen-bond donors (Lipinski definition) is 0. The van der Waals surface area contributed by atoms with Gasteiger partial charge in [0.2, 0.25) is 5.91 Å². The summed E-state index contributed by atoms with van der Waals surface area (Å²) in [6.45, 7) is 2.91. The lowest BCUT2D eigenvalue weighted by Gasteiger charge is -2.22. The largest absolute Gasteiger partial charge is 0.311 e. The van der Waals surface area contributed by atoms with Gasteiger partial charge in [-0.25, -0.2) is 9.37 Å². The Morgan fingerprint density at radius 2 is 2.11 bits per heavy atom. The highest BCUT2D eigenvalue weighted by atomic mass is 32.2. The predicted octanol–water partition coefficient (Wildman–Crippen LogP) is 5.41. The minimum absolute atomic E-state index is 0.0493. The summed E-state index contributed by atoms with van der Waals surface area (Å²) in [7, 11) is 0. The van der Waals surface area contributed by atoms with Gasteiger partial charge in [0.25, 0.3) is 0 Å². The molecule has 0 saturated heterocycles. The van der Waals surface area contributed by atoms with Gasteiger partial charge in [0.1, 0.15) is 10.8 Å². The van der Waals surface area contributed by atoms with E-state index in [1.54, 1.807) is 6.07 Å². The van der Waals surface area contributed by atoms with Crippen LogP contribution in [0, 0.1) is 5.82 Å². The molecule has 1 aliphatic heterocycles. The Hall–Kier alpha value is -2.18. The zero-order valence-corrected chi connectivity index (χ0v) is 16.5. The van der Waals surface area contributed by atoms with Crippen LogP contribution in [0.4, 0.5) is 10.1 Å². The van der Waals surface area contributed by atoms with E-state index in [2.05, 4.69) is 18.0 Å². The average Bonchev–Trinajstić information content (AvgIpc) is 3.04. The highest BCUT2D eigenvalue weighted by Crippen LogP contribution is 2.37. The van der Waals surface area contributed by atoms with Crippen molar-refractivity contribution in [2.24, 2.45) is 0 Å². The van der Waals surface area contributed by atoms with Crippen LogP contribution in [-0.2, 0) is 11.2 Å². The Kier molecular flexibility index (Phi) is 5.27. The zero-order valence-electron chi connectivity index (χ0n) is 14.9. The molecule has 2 aromatic carbocycles. The number of carbonyl (C=O) groups is 1. The van der Waals surface area contributed by atoms with Crippen LogP contribution in [-0.4, -0.2) is 22.7 Å². The summed E-state index contributed by atoms with van der Waals surface area (Å²) in [5.74, 6) is -0.235. The van der Waals surface area contributed by atoms with Crippen molar-refractivity contribution in [2.75, 3.05) is 11.4 Å². The van der Waals surface area contributed by atoms with E-state index in [0.29, 0.717) is 11.8 Å². The first-order chi connectivity index (χ1) is 13.1. The molecule has 27 heavy (non-hydrogen) atoms. The number of amides is 1. The third kappa shape index (κ3) is 4.06. The van der Waals surface area contributed by atoms with Crippen molar-refractivity contribution in [2.45, 2.75) is 29.9 Å². The molecule has 0 fully saturated rings. The number of halogens is 1. The Morgan fingerprint density at radius 3 is 2.96 bits per heavy atom. The fourth-order valence-corrected chi connectivity index (χ4v) is 5.07. The van der Waals surface area contributed by atoms with Gasteiger partial charge in [-0.15, -0.1) is 23.1 Å². The number of hydrogen-bond acceptors (Lipinski definition) is 4. The number of thioether (sulfide) groups is 1. The van der Waals surface area contributed by atoms with Crippen LogP contribution in [0.5, 0.6) is 0 Å². The molecule has 3 nitrogen and oxygen atoms in total. The van der Waals surface area contributed by atoms with Gasteiger partial charge in [-0.2, -0.15) is 0 Å². The topological polar surface area (TPSA) is 33.2 Å². The second kappa shape index (κ2) is 7.82. The second-order valence-electron chi connectivity index (χ2n) is 6.56. The van der Waals surface area contributed by atoms with Crippen LogP contribution in [0.2, 0.25) is 0 Å². The molecule has 0 aliphatic carbocycles. The monoisotopic (exact) mass is 398 g/mol. The van der Waals surface area contributed by atoms with E-state index in [4.69, 9.17) is 0 Å². The highest BCUT2D eigenvalue weighted by Gasteiger charge is 2.24. The predicted molar refractivity (Wildman–Crippen MR) is 110 cm³/mol. The van der Waals surface area contributed by atoms with Gasteiger partial charge in [0.05, 0.1) is 17.8 Å². The zero-order chi connectivity index (χ0) is 18.8. The number of carbonyl (C=O) groups excluding carboxylic acids is 1. The molecule has 138 valence electrons. The van der Waals surface area contributed by atoms with E-state index in [0.717, 1.165) is 33.3 Å². The number of para-hydroxylation sites is 1. The molecular weight excluding hydrogens is 379 g/mol. The van der Waals surface area contributed by atoms with Crippen LogP contribution in [0.3, 0.4) is 0 Å². The van der Waals surface area contributed by atoms with Crippen molar-refractivity contribution in [3.63, 3.8) is 0 Å². The Morgan fingerprint density at radius 1 is 1.26 bits per heavy atom. The smallest absolute Gasteiger partial charge is 0.233 e. The minimum atomic E-state index is -0.284. The normalized spacial score (nSPS) is 16.7. The van der Waals surface area contributed by atoms with Gasteiger partial charge in [0, 0.05) is 27.6 Å². The fourth-order valence-electron chi connectivity index (χ4n) is 3.14. The summed E-state index contributed by atoms with van der Waals surface area (Å²) < 4.78 is 13.4. The van der Waals surface area contributed by atoms with Crippen LogP contribution >= 0.6 is 23.1 Å². The average molecular weight is 399 g/mol. The molecule has 0 spiro atoms. The molecule has 4 rings (SSSR count). The molecule has 1 aromatic heterocycles. The fraction of sp³-hybridized carbons (Fsp3) is 0.238. The van der Waals surface area contributed by atoms with E-state index in [1.165, 1.54) is 23.5 Å². The van der Waals surface area contributed by atoms with Crippen molar-refractivity contribution in [1.29, 1.82) is 0 Å². The standard InChI is InChI=1S/C21H19FN2OS2/c1-14-9-10-24(18-7-2-3-8-19(18)27-14)20(25)12-17-13-26-21(23-17)15-5-4-6-16(22)11-15/h2-8,11,13-14H,9-10,12H2,1H3. The summed E-state index contributed by atoms with van der Waals surface area (Å²) >= 11 is 3.26. The van der Waals surface area contributed by atoms with Gasteiger partial charge in [0.15, 0.2) is 0 Å². The molecule has 0 N–H and O–H groups in total. The summed E-state index contributed by atoms with van der Waals surface area (Å²) in [6.07, 6.45) is 1.20. The van der Waals surface area contributed by atoms with E-state index in [1.807, 2.05) is 46.3 Å². The number of thiazole rings is 1. The van der Waals surface area contributed by atoms with Gasteiger partial charge in [-0.3, -0.25) is 4.79 Å². The number of nitrogens with zero attached hydrogens (tertiary/aromatic N) is 2. The van der Waals surface area contributed by atoms with Gasteiger partial charge in [-0.1, -0.05) is 31.2 Å². The highest BCUT2D eigenvalue weighted by molar-refractivity contribution is 8.00. The lowest BCUT2D eigenvalue weighted by Crippen LogP contribution is -2.33.